The quantitative estimate of drug-likeness (QED) is 0.854. The lowest BCUT2D eigenvalue weighted by Gasteiger charge is -2.22. The van der Waals surface area contributed by atoms with E-state index >= 15 is 0 Å². The van der Waals surface area contributed by atoms with E-state index in [-0.39, 0.29) is 0 Å². The fraction of sp³-hybridized carbons (Fsp3) is 0.143. The van der Waals surface area contributed by atoms with Gasteiger partial charge in [-0.2, -0.15) is 0 Å². The van der Waals surface area contributed by atoms with Crippen molar-refractivity contribution in [1.82, 2.24) is 0 Å². The predicted molar refractivity (Wildman–Crippen MR) is 79.4 cm³/mol. The SMILES string of the molecule is CN(Cc1ccccc1Cl)c1c(N)cccc1Cl. The van der Waals surface area contributed by atoms with Crippen molar-refractivity contribution < 1.29 is 0 Å². The minimum absolute atomic E-state index is 0.643. The maximum absolute atomic E-state index is 6.18. The number of benzene rings is 2. The molecule has 0 fully saturated rings. The Hall–Kier alpha value is -1.38. The Morgan fingerprint density at radius 1 is 1.00 bits per heavy atom. The second-order valence-electron chi connectivity index (χ2n) is 4.13. The van der Waals surface area contributed by atoms with Crippen molar-refractivity contribution in [2.24, 2.45) is 0 Å². The van der Waals surface area contributed by atoms with Crippen LogP contribution in [0.4, 0.5) is 11.4 Å². The van der Waals surface area contributed by atoms with E-state index in [0.29, 0.717) is 17.3 Å². The fourth-order valence-corrected chi connectivity index (χ4v) is 2.42. The standard InChI is InChI=1S/C14H14Cl2N2/c1-18(9-10-5-2-3-6-11(10)15)14-12(16)7-4-8-13(14)17/h2-8H,9,17H2,1H3. The molecule has 0 bridgehead atoms. The molecular formula is C14H14Cl2N2. The van der Waals surface area contributed by atoms with Crippen LogP contribution < -0.4 is 10.6 Å². The van der Waals surface area contributed by atoms with Gasteiger partial charge in [0.25, 0.3) is 0 Å². The molecular weight excluding hydrogens is 267 g/mol. The highest BCUT2D eigenvalue weighted by Crippen LogP contribution is 2.32. The number of halogens is 2. The number of nitrogens with two attached hydrogens (primary N) is 1. The third-order valence-corrected chi connectivity index (χ3v) is 3.44. The number of para-hydroxylation sites is 1. The molecule has 2 N–H and O–H groups in total. The molecule has 4 heteroatoms. The lowest BCUT2D eigenvalue weighted by molar-refractivity contribution is 0.925. The Morgan fingerprint density at radius 2 is 1.67 bits per heavy atom. The monoisotopic (exact) mass is 280 g/mol. The molecule has 2 aromatic rings. The normalized spacial score (nSPS) is 10.4. The molecule has 0 aromatic heterocycles. The number of anilines is 2. The second-order valence-corrected chi connectivity index (χ2v) is 4.94. The van der Waals surface area contributed by atoms with Gasteiger partial charge in [-0.15, -0.1) is 0 Å². The molecule has 0 spiro atoms. The van der Waals surface area contributed by atoms with Crippen molar-refractivity contribution in [2.75, 3.05) is 17.7 Å². The Balaban J connectivity index is 2.28. The van der Waals surface area contributed by atoms with Crippen molar-refractivity contribution in [3.63, 3.8) is 0 Å². The summed E-state index contributed by atoms with van der Waals surface area (Å²) in [6.45, 7) is 0.660. The maximum Gasteiger partial charge on any atom is 0.0789 e. The van der Waals surface area contributed by atoms with Crippen LogP contribution in [0.5, 0.6) is 0 Å². The fourth-order valence-electron chi connectivity index (χ4n) is 1.90. The number of hydrogen-bond acceptors (Lipinski definition) is 2. The maximum atomic E-state index is 6.18. The Bertz CT molecular complexity index is 535. The molecule has 0 atom stereocenters. The zero-order chi connectivity index (χ0) is 13.1. The summed E-state index contributed by atoms with van der Waals surface area (Å²) in [5, 5.41) is 1.39. The van der Waals surface area contributed by atoms with Crippen LogP contribution in [0.1, 0.15) is 5.56 Å². The summed E-state index contributed by atoms with van der Waals surface area (Å²) in [6, 6.07) is 13.2. The summed E-state index contributed by atoms with van der Waals surface area (Å²) in [5.41, 5.74) is 8.49. The highest BCUT2D eigenvalue weighted by Gasteiger charge is 2.11. The molecule has 2 nitrogen and oxygen atoms in total. The van der Waals surface area contributed by atoms with Gasteiger partial charge in [0.05, 0.1) is 16.4 Å². The van der Waals surface area contributed by atoms with Crippen LogP contribution in [0.15, 0.2) is 42.5 Å². The third kappa shape index (κ3) is 2.71. The second kappa shape index (κ2) is 5.51. The summed E-state index contributed by atoms with van der Waals surface area (Å²) in [4.78, 5) is 2.00. The zero-order valence-electron chi connectivity index (χ0n) is 10.0. The molecule has 0 radical (unpaired) electrons. The zero-order valence-corrected chi connectivity index (χ0v) is 11.5. The molecule has 2 rings (SSSR count). The van der Waals surface area contributed by atoms with Crippen LogP contribution in [0.2, 0.25) is 10.0 Å². The van der Waals surface area contributed by atoms with E-state index in [0.717, 1.165) is 16.3 Å². The van der Waals surface area contributed by atoms with Crippen LogP contribution in [0.3, 0.4) is 0 Å². The third-order valence-electron chi connectivity index (χ3n) is 2.77. The number of nitrogens with zero attached hydrogens (tertiary/aromatic N) is 1. The highest BCUT2D eigenvalue weighted by atomic mass is 35.5. The smallest absolute Gasteiger partial charge is 0.0789 e. The van der Waals surface area contributed by atoms with E-state index in [1.807, 2.05) is 54.4 Å². The van der Waals surface area contributed by atoms with E-state index in [1.54, 1.807) is 0 Å². The first kappa shape index (κ1) is 13.1. The van der Waals surface area contributed by atoms with Gasteiger partial charge in [0.1, 0.15) is 0 Å². The van der Waals surface area contributed by atoms with E-state index in [4.69, 9.17) is 28.9 Å². The van der Waals surface area contributed by atoms with Crippen molar-refractivity contribution >= 4 is 34.6 Å². The van der Waals surface area contributed by atoms with Crippen molar-refractivity contribution in [2.45, 2.75) is 6.54 Å². The minimum Gasteiger partial charge on any atom is -0.397 e. The molecule has 18 heavy (non-hydrogen) atoms. The van der Waals surface area contributed by atoms with E-state index in [1.165, 1.54) is 0 Å². The van der Waals surface area contributed by atoms with Crippen LogP contribution in [0.25, 0.3) is 0 Å². The molecule has 0 saturated carbocycles. The van der Waals surface area contributed by atoms with Crippen LogP contribution >= 0.6 is 23.2 Å². The summed E-state index contributed by atoms with van der Waals surface area (Å²) in [7, 11) is 1.95. The van der Waals surface area contributed by atoms with Gasteiger partial charge in [0.15, 0.2) is 0 Å². The highest BCUT2D eigenvalue weighted by molar-refractivity contribution is 6.34. The molecule has 0 aliphatic rings. The molecule has 0 amide bonds. The molecule has 0 aliphatic heterocycles. The average Bonchev–Trinajstić information content (AvgIpc) is 2.32. The van der Waals surface area contributed by atoms with Gasteiger partial charge < -0.3 is 10.6 Å². The van der Waals surface area contributed by atoms with Crippen molar-refractivity contribution in [1.29, 1.82) is 0 Å². The number of nitrogen functional groups attached to an aromatic ring is 1. The molecule has 0 saturated heterocycles. The van der Waals surface area contributed by atoms with Crippen molar-refractivity contribution in [3.8, 4) is 0 Å². The lowest BCUT2D eigenvalue weighted by atomic mass is 10.2. The van der Waals surface area contributed by atoms with Gasteiger partial charge in [-0.3, -0.25) is 0 Å². The Kier molecular flexibility index (Phi) is 4.00. The van der Waals surface area contributed by atoms with Gasteiger partial charge >= 0.3 is 0 Å². The van der Waals surface area contributed by atoms with Gasteiger partial charge in [-0.25, -0.2) is 0 Å². The Labute approximate surface area is 117 Å². The largest absolute Gasteiger partial charge is 0.397 e. The first-order valence-corrected chi connectivity index (χ1v) is 6.33. The van der Waals surface area contributed by atoms with E-state index in [2.05, 4.69) is 0 Å². The predicted octanol–water partition coefficient (Wildman–Crippen LogP) is 4.21. The minimum atomic E-state index is 0.643. The summed E-state index contributed by atoms with van der Waals surface area (Å²) >= 11 is 12.3. The molecule has 0 aliphatic carbocycles. The van der Waals surface area contributed by atoms with Crippen molar-refractivity contribution in [3.05, 3.63) is 58.1 Å². The number of hydrogen-bond donors (Lipinski definition) is 1. The van der Waals surface area contributed by atoms with Crippen LogP contribution in [0, 0.1) is 0 Å². The molecule has 94 valence electrons. The van der Waals surface area contributed by atoms with Gasteiger partial charge in [0.2, 0.25) is 0 Å². The molecule has 0 unspecified atom stereocenters. The summed E-state index contributed by atoms with van der Waals surface area (Å²) in [5.74, 6) is 0. The molecule has 0 heterocycles. The topological polar surface area (TPSA) is 29.3 Å². The van der Waals surface area contributed by atoms with Gasteiger partial charge in [-0.05, 0) is 23.8 Å². The van der Waals surface area contributed by atoms with E-state index < -0.39 is 0 Å². The lowest BCUT2D eigenvalue weighted by Crippen LogP contribution is -2.18. The van der Waals surface area contributed by atoms with Gasteiger partial charge in [0, 0.05) is 18.6 Å². The Morgan fingerprint density at radius 3 is 2.33 bits per heavy atom. The first-order valence-electron chi connectivity index (χ1n) is 5.58. The van der Waals surface area contributed by atoms with Gasteiger partial charge in [-0.1, -0.05) is 47.5 Å². The number of rotatable bonds is 3. The summed E-state index contributed by atoms with van der Waals surface area (Å²) in [6.07, 6.45) is 0. The average molecular weight is 281 g/mol. The van der Waals surface area contributed by atoms with E-state index in [9.17, 15) is 0 Å². The van der Waals surface area contributed by atoms with Crippen LogP contribution in [-0.4, -0.2) is 7.05 Å². The first-order chi connectivity index (χ1) is 8.59. The molecule has 2 aromatic carbocycles. The van der Waals surface area contributed by atoms with Crippen LogP contribution in [-0.2, 0) is 6.54 Å². The summed E-state index contributed by atoms with van der Waals surface area (Å²) < 4.78 is 0.